The zero-order valence-electron chi connectivity index (χ0n) is 17.0. The van der Waals surface area contributed by atoms with E-state index in [2.05, 4.69) is 15.4 Å². The third-order valence-electron chi connectivity index (χ3n) is 4.58. The number of hydrogen-bond acceptors (Lipinski definition) is 5. The fourth-order valence-electron chi connectivity index (χ4n) is 2.94. The number of hydrogen-bond donors (Lipinski definition) is 3. The van der Waals surface area contributed by atoms with Crippen LogP contribution in [-0.2, 0) is 10.0 Å². The molecule has 0 aliphatic rings. The molecule has 3 aromatic rings. The van der Waals surface area contributed by atoms with E-state index >= 15 is 0 Å². The summed E-state index contributed by atoms with van der Waals surface area (Å²) in [4.78, 5) is 22.9. The van der Waals surface area contributed by atoms with Crippen molar-refractivity contribution in [3.63, 3.8) is 0 Å². The number of aryl methyl sites for hydroxylation is 1. The minimum absolute atomic E-state index is 0.0169. The highest BCUT2D eigenvalue weighted by atomic mass is 35.5. The molecular weight excluding hydrogens is 456 g/mol. The van der Waals surface area contributed by atoms with E-state index in [0.29, 0.717) is 21.8 Å². The Balaban J connectivity index is 1.80. The second-order valence-electron chi connectivity index (χ2n) is 6.88. The average Bonchev–Trinajstić information content (AvgIpc) is 2.72. The number of carbonyl (C=O) groups is 1. The number of benzene rings is 3. The van der Waals surface area contributed by atoms with Gasteiger partial charge in [0.25, 0.3) is 15.7 Å². The highest BCUT2D eigenvalue weighted by Crippen LogP contribution is 2.26. The smallest absolute Gasteiger partial charge is 0.308 e. The van der Waals surface area contributed by atoms with Crippen LogP contribution in [0.2, 0.25) is 5.02 Å². The first kappa shape index (κ1) is 23.0. The van der Waals surface area contributed by atoms with Gasteiger partial charge in [0.2, 0.25) is 0 Å². The fourth-order valence-corrected chi connectivity index (χ4v) is 4.39. The van der Waals surface area contributed by atoms with Crippen LogP contribution in [0.3, 0.4) is 0 Å². The SMILES string of the molecule is Cc1ccc(NC(=O)Nc2cccc([N+](=O)[O-])c2C)cc1S(=O)(=O)Nc1ccc(Cl)cc1. The van der Waals surface area contributed by atoms with E-state index in [1.54, 1.807) is 31.2 Å². The number of anilines is 3. The van der Waals surface area contributed by atoms with Crippen LogP contribution in [0.25, 0.3) is 0 Å². The van der Waals surface area contributed by atoms with Gasteiger partial charge in [-0.2, -0.15) is 0 Å². The summed E-state index contributed by atoms with van der Waals surface area (Å²) >= 11 is 5.83. The van der Waals surface area contributed by atoms with E-state index in [0.717, 1.165) is 0 Å². The van der Waals surface area contributed by atoms with E-state index in [-0.39, 0.29) is 22.0 Å². The minimum atomic E-state index is -3.94. The zero-order chi connectivity index (χ0) is 23.5. The summed E-state index contributed by atoms with van der Waals surface area (Å²) in [6.45, 7) is 3.15. The predicted molar refractivity (Wildman–Crippen MR) is 124 cm³/mol. The second-order valence-corrected chi connectivity index (χ2v) is 8.97. The lowest BCUT2D eigenvalue weighted by molar-refractivity contribution is -0.385. The quantitative estimate of drug-likeness (QED) is 0.329. The maximum absolute atomic E-state index is 12.8. The van der Waals surface area contributed by atoms with Crippen LogP contribution in [0.4, 0.5) is 27.5 Å². The second kappa shape index (κ2) is 9.25. The highest BCUT2D eigenvalue weighted by Gasteiger charge is 2.19. The first-order valence-corrected chi connectivity index (χ1v) is 11.1. The molecule has 3 aromatic carbocycles. The zero-order valence-corrected chi connectivity index (χ0v) is 18.6. The topological polar surface area (TPSA) is 130 Å². The Kier molecular flexibility index (Phi) is 6.66. The Morgan fingerprint density at radius 1 is 0.969 bits per heavy atom. The lowest BCUT2D eigenvalue weighted by atomic mass is 10.1. The third-order valence-corrected chi connectivity index (χ3v) is 6.36. The van der Waals surface area contributed by atoms with Crippen molar-refractivity contribution in [1.29, 1.82) is 0 Å². The minimum Gasteiger partial charge on any atom is -0.308 e. The Morgan fingerprint density at radius 2 is 1.62 bits per heavy atom. The molecule has 0 aliphatic carbocycles. The first-order valence-electron chi connectivity index (χ1n) is 9.28. The van der Waals surface area contributed by atoms with Gasteiger partial charge in [0.15, 0.2) is 0 Å². The molecule has 0 fully saturated rings. The van der Waals surface area contributed by atoms with Crippen LogP contribution < -0.4 is 15.4 Å². The number of nitro benzene ring substituents is 1. The maximum Gasteiger partial charge on any atom is 0.323 e. The summed E-state index contributed by atoms with van der Waals surface area (Å²) in [5, 5.41) is 16.6. The molecule has 3 N–H and O–H groups in total. The molecule has 0 aliphatic heterocycles. The van der Waals surface area contributed by atoms with Gasteiger partial charge in [-0.1, -0.05) is 23.7 Å². The van der Waals surface area contributed by atoms with Crippen molar-refractivity contribution < 1.29 is 18.1 Å². The van der Waals surface area contributed by atoms with Gasteiger partial charge in [0, 0.05) is 22.5 Å². The molecule has 0 atom stereocenters. The lowest BCUT2D eigenvalue weighted by Gasteiger charge is -2.14. The highest BCUT2D eigenvalue weighted by molar-refractivity contribution is 7.92. The van der Waals surface area contributed by atoms with Crippen molar-refractivity contribution in [2.24, 2.45) is 0 Å². The van der Waals surface area contributed by atoms with Gasteiger partial charge < -0.3 is 10.6 Å². The number of sulfonamides is 1. The van der Waals surface area contributed by atoms with Crippen molar-refractivity contribution in [3.8, 4) is 0 Å². The lowest BCUT2D eigenvalue weighted by Crippen LogP contribution is -2.21. The van der Waals surface area contributed by atoms with Gasteiger partial charge >= 0.3 is 6.03 Å². The molecule has 0 radical (unpaired) electrons. The van der Waals surface area contributed by atoms with Crippen LogP contribution >= 0.6 is 11.6 Å². The number of rotatable bonds is 6. The fraction of sp³-hybridized carbons (Fsp3) is 0.0952. The summed E-state index contributed by atoms with van der Waals surface area (Å²) in [5.74, 6) is 0. The largest absolute Gasteiger partial charge is 0.323 e. The molecular formula is C21H19ClN4O5S. The van der Waals surface area contributed by atoms with Crippen molar-refractivity contribution >= 4 is 50.4 Å². The Morgan fingerprint density at radius 3 is 2.28 bits per heavy atom. The van der Waals surface area contributed by atoms with Crippen molar-refractivity contribution in [1.82, 2.24) is 0 Å². The molecule has 2 amide bonds. The molecule has 0 spiro atoms. The van der Waals surface area contributed by atoms with E-state index in [9.17, 15) is 23.3 Å². The van der Waals surface area contributed by atoms with Crippen molar-refractivity contribution in [3.05, 3.63) is 86.9 Å². The van der Waals surface area contributed by atoms with E-state index < -0.39 is 21.0 Å². The summed E-state index contributed by atoms with van der Waals surface area (Å²) in [5.41, 5.74) is 1.48. The van der Waals surface area contributed by atoms with E-state index in [1.165, 1.54) is 43.3 Å². The molecule has 0 unspecified atom stereocenters. The van der Waals surface area contributed by atoms with Crippen LogP contribution in [0, 0.1) is 24.0 Å². The molecule has 11 heteroatoms. The molecule has 3 rings (SSSR count). The number of halogens is 1. The molecule has 166 valence electrons. The van der Waals surface area contributed by atoms with Gasteiger partial charge in [-0.3, -0.25) is 14.8 Å². The molecule has 32 heavy (non-hydrogen) atoms. The van der Waals surface area contributed by atoms with Gasteiger partial charge in [-0.15, -0.1) is 0 Å². The number of urea groups is 1. The summed E-state index contributed by atoms with van der Waals surface area (Å²) < 4.78 is 28.2. The summed E-state index contributed by atoms with van der Waals surface area (Å²) in [6.07, 6.45) is 0. The number of carbonyl (C=O) groups excluding carboxylic acids is 1. The molecule has 0 aromatic heterocycles. The molecule has 0 saturated carbocycles. The maximum atomic E-state index is 12.8. The van der Waals surface area contributed by atoms with Gasteiger partial charge in [-0.25, -0.2) is 13.2 Å². The van der Waals surface area contributed by atoms with Crippen LogP contribution in [0.15, 0.2) is 65.6 Å². The number of nitrogens with zero attached hydrogens (tertiary/aromatic N) is 1. The van der Waals surface area contributed by atoms with Crippen molar-refractivity contribution in [2.45, 2.75) is 18.7 Å². The Hall–Kier alpha value is -3.63. The molecule has 9 nitrogen and oxygen atoms in total. The Bertz CT molecular complexity index is 1290. The predicted octanol–water partition coefficient (Wildman–Crippen LogP) is 5.31. The summed E-state index contributed by atoms with van der Waals surface area (Å²) in [6, 6.07) is 14.3. The number of nitro groups is 1. The Labute approximate surface area is 189 Å². The summed E-state index contributed by atoms with van der Waals surface area (Å²) in [7, 11) is -3.94. The van der Waals surface area contributed by atoms with Gasteiger partial charge in [0.05, 0.1) is 21.1 Å². The van der Waals surface area contributed by atoms with Crippen LogP contribution in [-0.4, -0.2) is 19.4 Å². The van der Waals surface area contributed by atoms with Crippen LogP contribution in [0.5, 0.6) is 0 Å². The molecule has 0 bridgehead atoms. The molecule has 0 saturated heterocycles. The van der Waals surface area contributed by atoms with E-state index in [1.807, 2.05) is 0 Å². The standard InChI is InChI=1S/C21H19ClN4O5S/c1-13-6-9-17(12-20(13)32(30,31)25-16-10-7-15(22)8-11-16)23-21(27)24-18-4-3-5-19(14(18)2)26(28)29/h3-12,25H,1-2H3,(H2,23,24,27). The molecule has 0 heterocycles. The normalized spacial score (nSPS) is 11.0. The average molecular weight is 475 g/mol. The third kappa shape index (κ3) is 5.34. The van der Waals surface area contributed by atoms with Gasteiger partial charge in [-0.05, 0) is 61.9 Å². The van der Waals surface area contributed by atoms with E-state index in [4.69, 9.17) is 11.6 Å². The number of amides is 2. The monoisotopic (exact) mass is 474 g/mol. The first-order chi connectivity index (χ1) is 15.1. The van der Waals surface area contributed by atoms with Gasteiger partial charge in [0.1, 0.15) is 0 Å². The van der Waals surface area contributed by atoms with Crippen molar-refractivity contribution in [2.75, 3.05) is 15.4 Å². The van der Waals surface area contributed by atoms with Crippen LogP contribution in [0.1, 0.15) is 11.1 Å². The number of nitrogens with one attached hydrogen (secondary N) is 3.